The molecule has 0 nitrogen and oxygen atoms in total. The smallest absolute Gasteiger partial charge is 0.112 e. The molecule has 0 aliphatic heterocycles. The van der Waals surface area contributed by atoms with Crippen molar-refractivity contribution < 1.29 is 0 Å². The summed E-state index contributed by atoms with van der Waals surface area (Å²) in [6.07, 6.45) is 0. The van der Waals surface area contributed by atoms with E-state index in [-0.39, 0.29) is 97.7 Å². The van der Waals surface area contributed by atoms with E-state index < -0.39 is 0 Å². The summed E-state index contributed by atoms with van der Waals surface area (Å²) in [4.78, 5) is 0. The van der Waals surface area contributed by atoms with Gasteiger partial charge in [0, 0.05) is 4.47 Å². The average Bonchev–Trinajstić information content (AvgIpc) is 2.76. The van der Waals surface area contributed by atoms with Gasteiger partial charge in [-0.3, -0.25) is 0 Å². The van der Waals surface area contributed by atoms with Crippen LogP contribution in [0.4, 0.5) is 0 Å². The summed E-state index contributed by atoms with van der Waals surface area (Å²) < 4.78 is 0.261. The Labute approximate surface area is 214 Å². The van der Waals surface area contributed by atoms with Crippen LogP contribution >= 0.6 is 15.9 Å². The number of hydrogen-bond donors (Lipinski definition) is 0. The van der Waals surface area contributed by atoms with Crippen LogP contribution in [0.1, 0.15) is 0 Å². The Balaban J connectivity index is 2.59. The fourth-order valence-corrected chi connectivity index (χ4v) is 3.95. The predicted molar refractivity (Wildman–Crippen MR) is 155 cm³/mol. The van der Waals surface area contributed by atoms with Crippen molar-refractivity contribution in [3.63, 3.8) is 0 Å². The molecular formula is C18B13Br. The summed E-state index contributed by atoms with van der Waals surface area (Å²) in [6.45, 7) is 0. The fraction of sp³-hybridized carbons (Fsp3) is 0. The highest BCUT2D eigenvalue weighted by atomic mass is 79.9. The Hall–Kier alpha value is -1.02. The van der Waals surface area contributed by atoms with Crippen molar-refractivity contribution in [2.24, 2.45) is 0 Å². The van der Waals surface area contributed by atoms with Crippen molar-refractivity contribution in [3.05, 3.63) is 4.47 Å². The van der Waals surface area contributed by atoms with Gasteiger partial charge in [-0.1, -0.05) is 54.2 Å². The minimum atomic E-state index is 0.0139. The second kappa shape index (κ2) is 8.97. The predicted octanol–water partition coefficient (Wildman–Crippen LogP) is -9.90. The van der Waals surface area contributed by atoms with Gasteiger partial charge in [-0.25, -0.2) is 0 Å². The molecule has 0 N–H and O–H groups in total. The van der Waals surface area contributed by atoms with Gasteiger partial charge in [0.15, 0.2) is 0 Å². The van der Waals surface area contributed by atoms with E-state index in [1.165, 1.54) is 0 Å². The zero-order chi connectivity index (χ0) is 24.4. The molecule has 0 fully saturated rings. The summed E-state index contributed by atoms with van der Waals surface area (Å²) in [5.41, 5.74) is 1.14. The molecule has 0 saturated carbocycles. The lowest BCUT2D eigenvalue weighted by atomic mass is 9.56. The zero-order valence-corrected chi connectivity index (χ0v) is 18.5. The van der Waals surface area contributed by atoms with E-state index in [0.29, 0.717) is 0 Å². The third-order valence-corrected chi connectivity index (χ3v) is 6.30. The number of rotatable bonds is 2. The van der Waals surface area contributed by atoms with E-state index >= 15 is 0 Å². The van der Waals surface area contributed by atoms with E-state index in [9.17, 15) is 0 Å². The Morgan fingerprint density at radius 3 is 0.688 bits per heavy atom. The molecule has 0 amide bonds. The largest absolute Gasteiger partial charge is 0.116 e. The molecule has 3 aromatic carbocycles. The summed E-state index contributed by atoms with van der Waals surface area (Å²) in [5, 5.41) is 0. The van der Waals surface area contributed by atoms with Gasteiger partial charge in [0.05, 0.1) is 0 Å². The highest BCUT2D eigenvalue weighted by Gasteiger charge is 2.23. The van der Waals surface area contributed by atoms with Crippen LogP contribution in [-0.2, 0) is 0 Å². The third kappa shape index (κ3) is 3.64. The van der Waals surface area contributed by atoms with Crippen LogP contribution in [0.2, 0.25) is 0 Å². The van der Waals surface area contributed by atoms with E-state index in [0.717, 1.165) is 0 Å². The van der Waals surface area contributed by atoms with Crippen LogP contribution in [0.5, 0.6) is 0 Å². The molecular weight excluding hydrogens is 437 g/mol. The fourth-order valence-electron chi connectivity index (χ4n) is 3.56. The van der Waals surface area contributed by atoms with Gasteiger partial charge in [0.25, 0.3) is 0 Å². The van der Waals surface area contributed by atoms with Crippen molar-refractivity contribution in [1.82, 2.24) is 0 Å². The highest BCUT2D eigenvalue weighted by molar-refractivity contribution is 9.10. The van der Waals surface area contributed by atoms with Crippen LogP contribution < -0.4 is 71.0 Å². The van der Waals surface area contributed by atoms with Crippen molar-refractivity contribution in [1.29, 1.82) is 0 Å². The molecule has 0 saturated heterocycles. The van der Waals surface area contributed by atoms with E-state index in [2.05, 4.69) is 15.9 Å². The van der Waals surface area contributed by atoms with Gasteiger partial charge in [0.1, 0.15) is 102 Å². The minimum Gasteiger partial charge on any atom is -0.112 e. The molecule has 14 heteroatoms. The molecule has 0 spiro atoms. The van der Waals surface area contributed by atoms with Crippen LogP contribution in [0, 0.1) is 0 Å². The SMILES string of the molecule is [B]c1c([B])c([B])c(-c2c([B])c(Br)c([B])c(-c3c([B])c([B])c([B])c([B])c3[B])c2[B])c([B])c1[B]. The topological polar surface area (TPSA) is 0 Å². The number of halogens is 1. The molecule has 0 unspecified atom stereocenters. The lowest BCUT2D eigenvalue weighted by molar-refractivity contribution is 1.77. The minimum absolute atomic E-state index is 0.0139. The van der Waals surface area contributed by atoms with Crippen molar-refractivity contribution in [2.45, 2.75) is 0 Å². The molecule has 3 aromatic rings. The molecule has 0 aliphatic carbocycles. The number of hydrogen-bond acceptors (Lipinski definition) is 0. The van der Waals surface area contributed by atoms with Crippen LogP contribution in [0.15, 0.2) is 4.47 Å². The van der Waals surface area contributed by atoms with Gasteiger partial charge >= 0.3 is 0 Å². The molecule has 32 heavy (non-hydrogen) atoms. The first-order valence-corrected chi connectivity index (χ1v) is 9.73. The Morgan fingerprint density at radius 1 is 0.250 bits per heavy atom. The van der Waals surface area contributed by atoms with Crippen molar-refractivity contribution in [3.8, 4) is 22.3 Å². The third-order valence-electron chi connectivity index (χ3n) is 5.45. The number of benzene rings is 3. The molecule has 0 aliphatic rings. The summed E-state index contributed by atoms with van der Waals surface area (Å²) in [5.74, 6) is 0. The van der Waals surface area contributed by atoms with E-state index in [1.54, 1.807) is 0 Å². The van der Waals surface area contributed by atoms with Crippen LogP contribution in [0.3, 0.4) is 0 Å². The molecule has 0 heterocycles. The molecule has 118 valence electrons. The van der Waals surface area contributed by atoms with E-state index in [1.807, 2.05) is 0 Å². The standard InChI is InChI=1S/C18B13Br/c19-5-1(3-6(20)12(26)16(30)13(27)7(3)21)10(24)18(32)11(25)2(5)4-8(22)14(28)17(31)15(29)9(4)23. The normalized spacial score (nSPS) is 11.0. The second-order valence-corrected chi connectivity index (χ2v) is 7.98. The molecule has 26 radical (unpaired) electrons. The van der Waals surface area contributed by atoms with Gasteiger partial charge in [-0.15, -0.1) is 32.8 Å². The lowest BCUT2D eigenvalue weighted by Gasteiger charge is -2.30. The quantitative estimate of drug-likeness (QED) is 0.350. The Kier molecular flexibility index (Phi) is 7.18. The monoisotopic (exact) mass is 438 g/mol. The first-order chi connectivity index (χ1) is 14.7. The van der Waals surface area contributed by atoms with Crippen molar-refractivity contribution >= 4 is 189 Å². The Bertz CT molecular complexity index is 1160. The van der Waals surface area contributed by atoms with Gasteiger partial charge < -0.3 is 0 Å². The Morgan fingerprint density at radius 2 is 0.438 bits per heavy atom. The van der Waals surface area contributed by atoms with Gasteiger partial charge in [0.2, 0.25) is 0 Å². The molecule has 0 aromatic heterocycles. The first kappa shape index (κ1) is 25.6. The molecule has 0 bridgehead atoms. The molecule has 0 atom stereocenters. The highest BCUT2D eigenvalue weighted by Crippen LogP contribution is 2.20. The lowest BCUT2D eigenvalue weighted by Crippen LogP contribution is -2.57. The first-order valence-electron chi connectivity index (χ1n) is 8.94. The second-order valence-electron chi connectivity index (χ2n) is 7.19. The summed E-state index contributed by atoms with van der Waals surface area (Å²) in [6, 6.07) is 0. The van der Waals surface area contributed by atoms with Crippen LogP contribution in [-0.4, -0.2) is 102 Å². The van der Waals surface area contributed by atoms with Crippen molar-refractivity contribution in [2.75, 3.05) is 0 Å². The van der Waals surface area contributed by atoms with E-state index in [4.69, 9.17) is 102 Å². The summed E-state index contributed by atoms with van der Waals surface area (Å²) in [7, 11) is 80.0. The maximum absolute atomic E-state index is 6.54. The maximum atomic E-state index is 6.54. The van der Waals surface area contributed by atoms with Crippen LogP contribution in [0.25, 0.3) is 22.3 Å². The summed E-state index contributed by atoms with van der Waals surface area (Å²) >= 11 is 3.37. The van der Waals surface area contributed by atoms with Gasteiger partial charge in [-0.2, -0.15) is 0 Å². The maximum Gasteiger partial charge on any atom is 0.116 e. The van der Waals surface area contributed by atoms with Gasteiger partial charge in [-0.05, 0) is 22.3 Å². The zero-order valence-electron chi connectivity index (χ0n) is 16.9. The average molecular weight is 437 g/mol. The molecule has 3 rings (SSSR count).